The van der Waals surface area contributed by atoms with Gasteiger partial charge in [-0.3, -0.25) is 4.90 Å². The highest BCUT2D eigenvalue weighted by atomic mass is 16.5. The number of aliphatic hydroxyl groups is 1. The second-order valence-electron chi connectivity index (χ2n) is 7.27. The van der Waals surface area contributed by atoms with Crippen molar-refractivity contribution in [3.8, 4) is 0 Å². The molecule has 0 amide bonds. The summed E-state index contributed by atoms with van der Waals surface area (Å²) in [6.07, 6.45) is 8.18. The lowest BCUT2D eigenvalue weighted by Gasteiger charge is -2.37. The van der Waals surface area contributed by atoms with E-state index in [9.17, 15) is 5.11 Å². The van der Waals surface area contributed by atoms with E-state index in [0.29, 0.717) is 12.1 Å². The van der Waals surface area contributed by atoms with Gasteiger partial charge in [0.25, 0.3) is 0 Å². The first-order valence-electron chi connectivity index (χ1n) is 9.39. The van der Waals surface area contributed by atoms with Gasteiger partial charge in [-0.2, -0.15) is 0 Å². The first-order chi connectivity index (χ1) is 11.8. The Morgan fingerprint density at radius 1 is 1.08 bits per heavy atom. The molecule has 24 heavy (non-hydrogen) atoms. The molecule has 1 aliphatic heterocycles. The van der Waals surface area contributed by atoms with Crippen molar-refractivity contribution in [3.63, 3.8) is 0 Å². The van der Waals surface area contributed by atoms with E-state index >= 15 is 0 Å². The van der Waals surface area contributed by atoms with Crippen molar-refractivity contribution >= 4 is 10.9 Å². The van der Waals surface area contributed by atoms with Gasteiger partial charge in [0.15, 0.2) is 0 Å². The molecule has 0 unspecified atom stereocenters. The normalized spacial score (nSPS) is 28.6. The summed E-state index contributed by atoms with van der Waals surface area (Å²) in [7, 11) is 0. The highest BCUT2D eigenvalue weighted by Gasteiger charge is 2.34. The molecule has 0 radical (unpaired) electrons. The van der Waals surface area contributed by atoms with E-state index in [4.69, 9.17) is 4.74 Å². The van der Waals surface area contributed by atoms with Crippen molar-refractivity contribution in [3.05, 3.63) is 36.5 Å². The molecule has 3 atom stereocenters. The van der Waals surface area contributed by atoms with Gasteiger partial charge in [-0.1, -0.05) is 31.0 Å². The Labute approximate surface area is 144 Å². The first-order valence-corrected chi connectivity index (χ1v) is 9.39. The number of hydrogen-bond acceptors (Lipinski definition) is 3. The van der Waals surface area contributed by atoms with Gasteiger partial charge in [-0.15, -0.1) is 0 Å². The molecule has 1 aromatic heterocycles. The van der Waals surface area contributed by atoms with Crippen LogP contribution in [0.2, 0.25) is 0 Å². The minimum atomic E-state index is -0.140. The van der Waals surface area contributed by atoms with Crippen LogP contribution in [0.25, 0.3) is 10.9 Å². The van der Waals surface area contributed by atoms with Gasteiger partial charge >= 0.3 is 0 Å². The van der Waals surface area contributed by atoms with E-state index in [0.717, 1.165) is 39.1 Å². The van der Waals surface area contributed by atoms with Gasteiger partial charge in [-0.05, 0) is 36.8 Å². The van der Waals surface area contributed by atoms with Gasteiger partial charge in [0.1, 0.15) is 0 Å². The number of hydrogen-bond donors (Lipinski definition) is 1. The molecule has 1 aromatic carbocycles. The van der Waals surface area contributed by atoms with Crippen LogP contribution in [0.15, 0.2) is 36.5 Å². The molecule has 1 saturated carbocycles. The van der Waals surface area contributed by atoms with Crippen LogP contribution in [0.1, 0.15) is 32.1 Å². The number of ether oxygens (including phenoxy) is 1. The fraction of sp³-hybridized carbons (Fsp3) is 0.600. The van der Waals surface area contributed by atoms with Crippen molar-refractivity contribution < 1.29 is 9.84 Å². The lowest BCUT2D eigenvalue weighted by molar-refractivity contribution is -0.0350. The SMILES string of the molecule is O[C@H]1CCN([C@H]2CCCC[C@@H]2OCCn2ccc3ccccc32)C1. The molecule has 4 heteroatoms. The van der Waals surface area contributed by atoms with Crippen LogP contribution in [-0.4, -0.2) is 52.5 Å². The van der Waals surface area contributed by atoms with Crippen LogP contribution in [-0.2, 0) is 11.3 Å². The van der Waals surface area contributed by atoms with Crippen LogP contribution < -0.4 is 0 Å². The second kappa shape index (κ2) is 7.26. The molecule has 2 aliphatic rings. The third kappa shape index (κ3) is 3.37. The number of fused-ring (bicyclic) bond motifs is 1. The highest BCUT2D eigenvalue weighted by Crippen LogP contribution is 2.28. The van der Waals surface area contributed by atoms with Gasteiger partial charge in [0.2, 0.25) is 0 Å². The Morgan fingerprint density at radius 2 is 1.96 bits per heavy atom. The van der Waals surface area contributed by atoms with Crippen molar-refractivity contribution in [1.82, 2.24) is 9.47 Å². The maximum atomic E-state index is 9.83. The Morgan fingerprint density at radius 3 is 2.83 bits per heavy atom. The Bertz CT molecular complexity index is 668. The number of β-amino-alcohol motifs (C(OH)–C–C–N with tert-alkyl or cyclic N) is 1. The summed E-state index contributed by atoms with van der Waals surface area (Å²) >= 11 is 0. The zero-order valence-electron chi connectivity index (χ0n) is 14.3. The molecule has 1 saturated heterocycles. The summed E-state index contributed by atoms with van der Waals surface area (Å²) in [6, 6.07) is 11.2. The van der Waals surface area contributed by atoms with Crippen molar-refractivity contribution in [2.45, 2.75) is 56.9 Å². The maximum Gasteiger partial charge on any atom is 0.0731 e. The monoisotopic (exact) mass is 328 g/mol. The standard InChI is InChI=1S/C20H28N2O2/c23-17-10-12-22(15-17)19-7-3-4-8-20(19)24-14-13-21-11-9-16-5-1-2-6-18(16)21/h1-2,5-6,9,11,17,19-20,23H,3-4,7-8,10,12-15H2/t17-,19-,20-/m0/s1. The molecule has 1 aliphatic carbocycles. The van der Waals surface area contributed by atoms with Gasteiger partial charge in [0, 0.05) is 37.4 Å². The molecule has 1 N–H and O–H groups in total. The van der Waals surface area contributed by atoms with E-state index in [2.05, 4.69) is 46.0 Å². The number of aromatic nitrogens is 1. The Kier molecular flexibility index (Phi) is 4.88. The highest BCUT2D eigenvalue weighted by molar-refractivity contribution is 5.79. The lowest BCUT2D eigenvalue weighted by Crippen LogP contribution is -2.46. The zero-order chi connectivity index (χ0) is 16.4. The van der Waals surface area contributed by atoms with E-state index in [1.807, 2.05) is 0 Å². The van der Waals surface area contributed by atoms with Gasteiger partial charge in [0.05, 0.1) is 18.8 Å². The Hall–Kier alpha value is -1.36. The van der Waals surface area contributed by atoms with Crippen LogP contribution in [0.5, 0.6) is 0 Å². The lowest BCUT2D eigenvalue weighted by atomic mass is 9.91. The molecule has 4 rings (SSSR count). The van der Waals surface area contributed by atoms with Crippen LogP contribution in [0.3, 0.4) is 0 Å². The number of nitrogens with zero attached hydrogens (tertiary/aromatic N) is 2. The topological polar surface area (TPSA) is 37.6 Å². The van der Waals surface area contributed by atoms with Gasteiger partial charge < -0.3 is 14.4 Å². The molecule has 0 bridgehead atoms. The van der Waals surface area contributed by atoms with Crippen molar-refractivity contribution in [2.75, 3.05) is 19.7 Å². The quantitative estimate of drug-likeness (QED) is 0.917. The number of para-hydroxylation sites is 1. The van der Waals surface area contributed by atoms with Crippen molar-refractivity contribution in [2.24, 2.45) is 0 Å². The minimum Gasteiger partial charge on any atom is -0.392 e. The fourth-order valence-corrected chi connectivity index (χ4v) is 4.40. The van der Waals surface area contributed by atoms with E-state index in [-0.39, 0.29) is 6.10 Å². The largest absolute Gasteiger partial charge is 0.392 e. The molecular formula is C20H28N2O2. The third-order valence-electron chi connectivity index (χ3n) is 5.68. The smallest absolute Gasteiger partial charge is 0.0731 e. The Balaban J connectivity index is 1.35. The van der Waals surface area contributed by atoms with Crippen LogP contribution in [0.4, 0.5) is 0 Å². The molecule has 2 heterocycles. The summed E-state index contributed by atoms with van der Waals surface area (Å²) in [5.41, 5.74) is 1.28. The third-order valence-corrected chi connectivity index (χ3v) is 5.68. The summed E-state index contributed by atoms with van der Waals surface area (Å²) < 4.78 is 8.61. The number of aliphatic hydroxyl groups excluding tert-OH is 1. The average Bonchev–Trinajstić information content (AvgIpc) is 3.22. The van der Waals surface area contributed by atoms with E-state index in [1.165, 1.54) is 30.2 Å². The number of benzene rings is 1. The summed E-state index contributed by atoms with van der Waals surface area (Å²) in [6.45, 7) is 3.51. The molecule has 130 valence electrons. The zero-order valence-corrected chi connectivity index (χ0v) is 14.3. The summed E-state index contributed by atoms with van der Waals surface area (Å²) in [5.74, 6) is 0. The van der Waals surface area contributed by atoms with Crippen LogP contribution in [0, 0.1) is 0 Å². The minimum absolute atomic E-state index is 0.140. The predicted molar refractivity (Wildman–Crippen MR) is 96.1 cm³/mol. The van der Waals surface area contributed by atoms with Gasteiger partial charge in [-0.25, -0.2) is 0 Å². The van der Waals surface area contributed by atoms with Crippen LogP contribution >= 0.6 is 0 Å². The fourth-order valence-electron chi connectivity index (χ4n) is 4.40. The average molecular weight is 328 g/mol. The predicted octanol–water partition coefficient (Wildman–Crippen LogP) is 3.04. The molecule has 0 spiro atoms. The number of likely N-dealkylation sites (tertiary alicyclic amines) is 1. The first kappa shape index (κ1) is 16.1. The van der Waals surface area contributed by atoms with E-state index in [1.54, 1.807) is 0 Å². The summed E-state index contributed by atoms with van der Waals surface area (Å²) in [4.78, 5) is 2.46. The maximum absolute atomic E-state index is 9.83. The molecular weight excluding hydrogens is 300 g/mol. The second-order valence-corrected chi connectivity index (χ2v) is 7.27. The molecule has 2 aromatic rings. The number of rotatable bonds is 5. The van der Waals surface area contributed by atoms with Crippen molar-refractivity contribution in [1.29, 1.82) is 0 Å². The molecule has 4 nitrogen and oxygen atoms in total. The summed E-state index contributed by atoms with van der Waals surface area (Å²) in [5, 5.41) is 11.1. The molecule has 2 fully saturated rings. The van der Waals surface area contributed by atoms with E-state index < -0.39 is 0 Å².